The molecular weight excluding hydrogens is 298 g/mol. The number of nitrogens with zero attached hydrogens (tertiary/aromatic N) is 2. The molecule has 2 unspecified atom stereocenters. The van der Waals surface area contributed by atoms with E-state index in [1.807, 2.05) is 35.7 Å². The van der Waals surface area contributed by atoms with Gasteiger partial charge in [-0.05, 0) is 18.6 Å². The van der Waals surface area contributed by atoms with E-state index < -0.39 is 0 Å². The zero-order valence-electron chi connectivity index (χ0n) is 10.5. The van der Waals surface area contributed by atoms with E-state index in [1.165, 1.54) is 17.1 Å². The Morgan fingerprint density at radius 3 is 2.95 bits per heavy atom. The fraction of sp³-hybridized carbons (Fsp3) is 0.500. The smallest absolute Gasteiger partial charge is 0.268 e. The minimum atomic E-state index is 0.346. The molecule has 2 N–H and O–H groups in total. The van der Waals surface area contributed by atoms with Crippen LogP contribution in [0.1, 0.15) is 24.4 Å². The topological polar surface area (TPSA) is 64.9 Å². The Morgan fingerprint density at radius 2 is 2.21 bits per heavy atom. The van der Waals surface area contributed by atoms with Gasteiger partial charge in [-0.3, -0.25) is 0 Å². The van der Waals surface area contributed by atoms with Crippen molar-refractivity contribution in [2.75, 3.05) is 17.2 Å². The van der Waals surface area contributed by atoms with Gasteiger partial charge in [-0.2, -0.15) is 16.7 Å². The molecule has 3 rings (SSSR count). The van der Waals surface area contributed by atoms with Crippen LogP contribution in [0.25, 0.3) is 10.8 Å². The highest BCUT2D eigenvalue weighted by Gasteiger charge is 2.30. The molecule has 1 fully saturated rings. The van der Waals surface area contributed by atoms with Gasteiger partial charge in [-0.15, -0.1) is 23.1 Å². The van der Waals surface area contributed by atoms with Crippen LogP contribution in [-0.4, -0.2) is 26.9 Å². The van der Waals surface area contributed by atoms with Gasteiger partial charge in [0, 0.05) is 16.8 Å². The van der Waals surface area contributed by atoms with Crippen LogP contribution < -0.4 is 5.73 Å². The van der Waals surface area contributed by atoms with Gasteiger partial charge in [0.05, 0.1) is 15.1 Å². The highest BCUT2D eigenvalue weighted by atomic mass is 32.2. The van der Waals surface area contributed by atoms with Crippen LogP contribution in [0.3, 0.4) is 0 Å². The van der Waals surface area contributed by atoms with E-state index in [1.54, 1.807) is 0 Å². The average Bonchev–Trinajstić information content (AvgIpc) is 3.07. The summed E-state index contributed by atoms with van der Waals surface area (Å²) in [7, 11) is 0. The summed E-state index contributed by atoms with van der Waals surface area (Å²) in [6.07, 6.45) is 1.14. The average molecular weight is 313 g/mol. The lowest BCUT2D eigenvalue weighted by Crippen LogP contribution is -2.19. The Morgan fingerprint density at radius 1 is 1.37 bits per heavy atom. The van der Waals surface area contributed by atoms with Crippen molar-refractivity contribution in [2.45, 2.75) is 23.8 Å². The van der Waals surface area contributed by atoms with Crippen LogP contribution in [0.5, 0.6) is 0 Å². The standard InChI is InChI=1S/C12H15N3OS3/c1-2-7-10(18-6-5-17-7)11-14-12(16-15-11)8-3-4-9(13)19-8/h3-4,7,10H,2,5-6,13H2,1H3. The normalized spacial score (nSPS) is 23.6. The first-order valence-electron chi connectivity index (χ1n) is 6.20. The van der Waals surface area contributed by atoms with Gasteiger partial charge < -0.3 is 10.3 Å². The molecule has 0 spiro atoms. The third-order valence-electron chi connectivity index (χ3n) is 2.99. The van der Waals surface area contributed by atoms with E-state index >= 15 is 0 Å². The molecule has 1 saturated heterocycles. The van der Waals surface area contributed by atoms with Crippen molar-refractivity contribution in [1.82, 2.24) is 10.1 Å². The van der Waals surface area contributed by atoms with E-state index in [-0.39, 0.29) is 0 Å². The number of thiophene rings is 1. The number of rotatable bonds is 3. The number of nitrogen functional groups attached to an aromatic ring is 1. The number of aromatic nitrogens is 2. The van der Waals surface area contributed by atoms with Gasteiger partial charge >= 0.3 is 0 Å². The molecular formula is C12H15N3OS3. The van der Waals surface area contributed by atoms with E-state index in [4.69, 9.17) is 10.3 Å². The second-order valence-electron chi connectivity index (χ2n) is 4.27. The van der Waals surface area contributed by atoms with Crippen LogP contribution in [0.2, 0.25) is 0 Å². The van der Waals surface area contributed by atoms with Crippen LogP contribution in [0.4, 0.5) is 5.00 Å². The first kappa shape index (κ1) is 13.3. The Hall–Kier alpha value is -0.660. The molecule has 2 aromatic heterocycles. The first-order chi connectivity index (χ1) is 9.28. The highest BCUT2D eigenvalue weighted by Crippen LogP contribution is 2.43. The van der Waals surface area contributed by atoms with Gasteiger partial charge in [0.15, 0.2) is 5.82 Å². The molecule has 7 heteroatoms. The van der Waals surface area contributed by atoms with Crippen LogP contribution in [0, 0.1) is 0 Å². The second kappa shape index (κ2) is 5.76. The maximum absolute atomic E-state index is 5.73. The Labute approximate surface area is 124 Å². The minimum absolute atomic E-state index is 0.346. The number of hydrogen-bond acceptors (Lipinski definition) is 7. The van der Waals surface area contributed by atoms with Gasteiger partial charge in [0.25, 0.3) is 5.89 Å². The van der Waals surface area contributed by atoms with E-state index in [9.17, 15) is 0 Å². The molecule has 0 bridgehead atoms. The Bertz CT molecular complexity index is 554. The second-order valence-corrected chi connectivity index (χ2v) is 7.98. The van der Waals surface area contributed by atoms with Crippen molar-refractivity contribution in [2.24, 2.45) is 0 Å². The summed E-state index contributed by atoms with van der Waals surface area (Å²) in [5, 5.41) is 5.86. The largest absolute Gasteiger partial charge is 0.391 e. The predicted molar refractivity (Wildman–Crippen MR) is 83.8 cm³/mol. The quantitative estimate of drug-likeness (QED) is 0.932. The van der Waals surface area contributed by atoms with Crippen LogP contribution in [-0.2, 0) is 0 Å². The van der Waals surface area contributed by atoms with Crippen molar-refractivity contribution < 1.29 is 4.52 Å². The van der Waals surface area contributed by atoms with E-state index in [0.29, 0.717) is 16.4 Å². The number of thioether (sulfide) groups is 2. The van der Waals surface area contributed by atoms with Crippen molar-refractivity contribution >= 4 is 39.9 Å². The van der Waals surface area contributed by atoms with Crippen molar-refractivity contribution in [3.05, 3.63) is 18.0 Å². The fourth-order valence-electron chi connectivity index (χ4n) is 2.06. The third-order valence-corrected chi connectivity index (χ3v) is 7.13. The molecule has 19 heavy (non-hydrogen) atoms. The maximum Gasteiger partial charge on any atom is 0.268 e. The molecule has 1 aliphatic rings. The Kier molecular flexibility index (Phi) is 4.04. The summed E-state index contributed by atoms with van der Waals surface area (Å²) in [5.74, 6) is 3.78. The molecule has 1 aliphatic heterocycles. The molecule has 4 nitrogen and oxygen atoms in total. The summed E-state index contributed by atoms with van der Waals surface area (Å²) in [6, 6.07) is 3.79. The SMILES string of the molecule is CCC1SCCSC1c1noc(-c2ccc(N)s2)n1. The number of hydrogen-bond donors (Lipinski definition) is 1. The summed E-state index contributed by atoms with van der Waals surface area (Å²) in [5.41, 5.74) is 5.73. The number of anilines is 1. The van der Waals surface area contributed by atoms with Gasteiger partial charge in [0.1, 0.15) is 0 Å². The van der Waals surface area contributed by atoms with Crippen molar-refractivity contribution in [3.8, 4) is 10.8 Å². The predicted octanol–water partition coefficient (Wildman–Crippen LogP) is 3.68. The lowest BCUT2D eigenvalue weighted by atomic mass is 10.2. The zero-order chi connectivity index (χ0) is 13.2. The summed E-state index contributed by atoms with van der Waals surface area (Å²) >= 11 is 5.43. The molecule has 2 atom stereocenters. The molecule has 0 amide bonds. The molecule has 0 aromatic carbocycles. The lowest BCUT2D eigenvalue weighted by molar-refractivity contribution is 0.422. The maximum atomic E-state index is 5.73. The third kappa shape index (κ3) is 2.78. The number of nitrogens with two attached hydrogens (primary N) is 1. The van der Waals surface area contributed by atoms with Gasteiger partial charge in [-0.25, -0.2) is 0 Å². The summed E-state index contributed by atoms with van der Waals surface area (Å²) < 4.78 is 5.38. The van der Waals surface area contributed by atoms with E-state index in [0.717, 1.165) is 27.9 Å². The van der Waals surface area contributed by atoms with Gasteiger partial charge in [0.2, 0.25) is 0 Å². The fourth-order valence-corrected chi connectivity index (χ4v) is 5.74. The molecule has 3 heterocycles. The molecule has 0 saturated carbocycles. The van der Waals surface area contributed by atoms with Gasteiger partial charge in [-0.1, -0.05) is 12.1 Å². The first-order valence-corrected chi connectivity index (χ1v) is 9.12. The molecule has 0 aliphatic carbocycles. The summed E-state index contributed by atoms with van der Waals surface area (Å²) in [6.45, 7) is 2.22. The Balaban J connectivity index is 1.84. The van der Waals surface area contributed by atoms with E-state index in [2.05, 4.69) is 17.1 Å². The molecule has 102 valence electrons. The lowest BCUT2D eigenvalue weighted by Gasteiger charge is -2.27. The summed E-state index contributed by atoms with van der Waals surface area (Å²) in [4.78, 5) is 5.50. The highest BCUT2D eigenvalue weighted by molar-refractivity contribution is 8.06. The molecule has 2 aromatic rings. The minimum Gasteiger partial charge on any atom is -0.391 e. The van der Waals surface area contributed by atoms with Crippen LogP contribution >= 0.6 is 34.9 Å². The molecule has 0 radical (unpaired) electrons. The van der Waals surface area contributed by atoms with Crippen molar-refractivity contribution in [3.63, 3.8) is 0 Å². The van der Waals surface area contributed by atoms with Crippen LogP contribution in [0.15, 0.2) is 16.7 Å². The zero-order valence-corrected chi connectivity index (χ0v) is 13.0. The monoisotopic (exact) mass is 313 g/mol. The van der Waals surface area contributed by atoms with Crippen molar-refractivity contribution in [1.29, 1.82) is 0 Å².